The van der Waals surface area contributed by atoms with Crippen LogP contribution in [0.15, 0.2) is 106 Å². The molecule has 0 radical (unpaired) electrons. The van der Waals surface area contributed by atoms with Gasteiger partial charge in [-0.2, -0.15) is 27.0 Å². The summed E-state index contributed by atoms with van der Waals surface area (Å²) in [6.07, 6.45) is 2.13. The fraction of sp³-hybridized carbons (Fsp3) is 0.250. The predicted molar refractivity (Wildman–Crippen MR) is 243 cm³/mol. The van der Waals surface area contributed by atoms with Crippen molar-refractivity contribution in [1.82, 2.24) is 9.80 Å². The number of primary amides is 2. The SMILES string of the molecule is NC(=O)c1cc(Br)ccc1N.NC(=O)c1cc(Br)ccc1NC(=O)[C@@H]1CCCN1C(=O)OCc1ccccc1.O=C(Cl)[C@@H]1CCCN1C(=O)COc1ccccc1.S.S. The van der Waals surface area contributed by atoms with Gasteiger partial charge in [0.25, 0.3) is 17.7 Å². The highest BCUT2D eigenvalue weighted by Crippen LogP contribution is 2.25. The van der Waals surface area contributed by atoms with Crippen LogP contribution >= 0.6 is 70.5 Å². The molecule has 0 aliphatic carbocycles. The topological polar surface area (TPSA) is 217 Å². The molecule has 0 spiro atoms. The molecule has 0 unspecified atom stereocenters. The number of hydrogen-bond donors (Lipinski definition) is 4. The van der Waals surface area contributed by atoms with Gasteiger partial charge in [-0.05, 0) is 91.4 Å². The second kappa shape index (κ2) is 25.0. The van der Waals surface area contributed by atoms with E-state index < -0.39 is 35.2 Å². The molecule has 316 valence electrons. The molecule has 2 atom stereocenters. The number of carbonyl (C=O) groups is 6. The van der Waals surface area contributed by atoms with E-state index >= 15 is 0 Å². The van der Waals surface area contributed by atoms with E-state index in [0.717, 1.165) is 16.5 Å². The lowest BCUT2D eigenvalue weighted by Gasteiger charge is -2.23. The highest BCUT2D eigenvalue weighted by molar-refractivity contribution is 9.10. The number of halogens is 3. The zero-order valence-electron chi connectivity index (χ0n) is 31.6. The quantitative estimate of drug-likeness (QED) is 0.101. The Labute approximate surface area is 377 Å². The monoisotopic (exact) mass is 994 g/mol. The molecule has 7 N–H and O–H groups in total. The van der Waals surface area contributed by atoms with E-state index in [1.165, 1.54) is 9.80 Å². The molecule has 2 heterocycles. The minimum atomic E-state index is -0.660. The molecule has 19 heteroatoms. The Kier molecular flexibility index (Phi) is 21.4. The van der Waals surface area contributed by atoms with Crippen LogP contribution in [0.4, 0.5) is 16.2 Å². The number of nitrogens with one attached hydrogen (secondary N) is 1. The molecular weight excluding hydrogens is 952 g/mol. The lowest BCUT2D eigenvalue weighted by Crippen LogP contribution is -2.43. The number of carbonyl (C=O) groups excluding carboxylic acids is 6. The molecule has 2 aliphatic rings. The minimum Gasteiger partial charge on any atom is -0.484 e. The van der Waals surface area contributed by atoms with E-state index in [1.807, 2.05) is 48.5 Å². The highest BCUT2D eigenvalue weighted by Gasteiger charge is 2.36. The van der Waals surface area contributed by atoms with Crippen LogP contribution in [0.1, 0.15) is 52.0 Å². The maximum Gasteiger partial charge on any atom is 0.410 e. The third-order valence-corrected chi connectivity index (χ3v) is 9.96. The summed E-state index contributed by atoms with van der Waals surface area (Å²) in [5, 5.41) is 2.24. The lowest BCUT2D eigenvalue weighted by atomic mass is 10.1. The van der Waals surface area contributed by atoms with Gasteiger partial charge in [-0.1, -0.05) is 80.4 Å². The number of ether oxygens (including phenoxy) is 2. The van der Waals surface area contributed by atoms with Crippen LogP contribution < -0.4 is 27.3 Å². The van der Waals surface area contributed by atoms with Gasteiger partial charge in [0.05, 0.1) is 16.8 Å². The average molecular weight is 997 g/mol. The highest BCUT2D eigenvalue weighted by atomic mass is 79.9. The number of amides is 5. The van der Waals surface area contributed by atoms with Crippen molar-refractivity contribution in [3.63, 3.8) is 0 Å². The first-order valence-electron chi connectivity index (χ1n) is 17.6. The molecule has 0 bridgehead atoms. The second-order valence-corrected chi connectivity index (χ2v) is 14.9. The summed E-state index contributed by atoms with van der Waals surface area (Å²) in [4.78, 5) is 73.5. The normalized spacial score (nSPS) is 15.0. The van der Waals surface area contributed by atoms with Crippen LogP contribution in [-0.2, 0) is 25.7 Å². The van der Waals surface area contributed by atoms with Crippen LogP contribution in [0.3, 0.4) is 0 Å². The summed E-state index contributed by atoms with van der Waals surface area (Å²) >= 11 is 11.9. The molecule has 2 saturated heterocycles. The molecule has 5 amide bonds. The summed E-state index contributed by atoms with van der Waals surface area (Å²) in [7, 11) is 0. The number of benzene rings is 4. The molecule has 14 nitrogen and oxygen atoms in total. The molecule has 59 heavy (non-hydrogen) atoms. The van der Waals surface area contributed by atoms with Gasteiger partial charge in [-0.3, -0.25) is 28.9 Å². The van der Waals surface area contributed by atoms with Crippen LogP contribution in [0.5, 0.6) is 5.75 Å². The number of nitrogen functional groups attached to an aromatic ring is 1. The van der Waals surface area contributed by atoms with Gasteiger partial charge in [-0.25, -0.2) is 4.79 Å². The Morgan fingerprint density at radius 2 is 1.27 bits per heavy atom. The first kappa shape index (κ1) is 50.4. The Balaban J connectivity index is 0.000000332. The van der Waals surface area contributed by atoms with Crippen molar-refractivity contribution in [2.45, 2.75) is 44.4 Å². The summed E-state index contributed by atoms with van der Waals surface area (Å²) in [6.45, 7) is 1.09. The van der Waals surface area contributed by atoms with Crippen molar-refractivity contribution in [3.05, 3.63) is 123 Å². The van der Waals surface area contributed by atoms with Gasteiger partial charge in [0.15, 0.2) is 6.61 Å². The lowest BCUT2D eigenvalue weighted by molar-refractivity contribution is -0.137. The molecule has 0 saturated carbocycles. The predicted octanol–water partition coefficient (Wildman–Crippen LogP) is 6.47. The zero-order chi connectivity index (χ0) is 41.5. The number of likely N-dealkylation sites (tertiary alicyclic amines) is 2. The Hall–Kier alpha value is -4.75. The molecule has 2 fully saturated rings. The Morgan fingerprint density at radius 1 is 0.729 bits per heavy atom. The minimum absolute atomic E-state index is 0. The summed E-state index contributed by atoms with van der Waals surface area (Å²) in [5.41, 5.74) is 18.0. The second-order valence-electron chi connectivity index (χ2n) is 12.7. The van der Waals surface area contributed by atoms with Crippen molar-refractivity contribution in [3.8, 4) is 5.75 Å². The van der Waals surface area contributed by atoms with Crippen LogP contribution in [-0.4, -0.2) is 76.5 Å². The molecular formula is C40H45Br2ClN6O8S2. The third kappa shape index (κ3) is 15.4. The van der Waals surface area contributed by atoms with E-state index in [0.29, 0.717) is 59.5 Å². The van der Waals surface area contributed by atoms with Crippen molar-refractivity contribution < 1.29 is 38.2 Å². The van der Waals surface area contributed by atoms with Crippen molar-refractivity contribution in [2.24, 2.45) is 11.5 Å². The standard InChI is InChI=1S/C20H20BrN3O4.C13H14ClNO3.C7H7BrN2O.2H2S/c21-14-8-9-16(15(11-14)18(22)25)23-19(26)17-7-4-10-24(17)20(27)28-12-13-5-2-1-3-6-13;14-13(17)11-7-4-8-15(11)12(16)9-18-10-5-2-1-3-6-10;8-4-1-2-6(9)5(3-4)7(10)11;;/h1-3,5-6,8-9,11,17H,4,7,10,12H2,(H2,22,25)(H,23,26);1-3,5-6,11H,4,7-9H2;1-3H,9H2,(H2,10,11);2*1H2/t17-;11-;;;/m00.../s1. The van der Waals surface area contributed by atoms with E-state index in [4.69, 9.17) is 38.3 Å². The van der Waals surface area contributed by atoms with E-state index in [2.05, 4.69) is 37.2 Å². The van der Waals surface area contributed by atoms with Gasteiger partial charge >= 0.3 is 6.09 Å². The first-order valence-corrected chi connectivity index (χ1v) is 19.6. The first-order chi connectivity index (χ1) is 27.2. The maximum atomic E-state index is 12.7. The zero-order valence-corrected chi connectivity index (χ0v) is 37.5. The van der Waals surface area contributed by atoms with Crippen LogP contribution in [0, 0.1) is 0 Å². The number of para-hydroxylation sites is 1. The molecule has 4 aromatic carbocycles. The van der Waals surface area contributed by atoms with Crippen molar-refractivity contribution >= 4 is 117 Å². The largest absolute Gasteiger partial charge is 0.484 e. The molecule has 6 rings (SSSR count). The van der Waals surface area contributed by atoms with Gasteiger partial charge < -0.3 is 36.9 Å². The van der Waals surface area contributed by atoms with E-state index in [1.54, 1.807) is 48.5 Å². The van der Waals surface area contributed by atoms with Crippen LogP contribution in [0.2, 0.25) is 0 Å². The van der Waals surface area contributed by atoms with E-state index in [-0.39, 0.29) is 57.6 Å². The molecule has 0 aromatic heterocycles. The molecule has 4 aromatic rings. The fourth-order valence-corrected chi connectivity index (χ4v) is 6.84. The van der Waals surface area contributed by atoms with Gasteiger partial charge in [-0.15, -0.1) is 0 Å². The van der Waals surface area contributed by atoms with E-state index in [9.17, 15) is 28.8 Å². The van der Waals surface area contributed by atoms with Gasteiger partial charge in [0, 0.05) is 27.7 Å². The van der Waals surface area contributed by atoms with Gasteiger partial charge in [0.2, 0.25) is 11.1 Å². The average Bonchev–Trinajstić information content (AvgIpc) is 3.91. The van der Waals surface area contributed by atoms with Crippen molar-refractivity contribution in [2.75, 3.05) is 30.7 Å². The number of nitrogens with zero attached hydrogens (tertiary/aromatic N) is 2. The third-order valence-electron chi connectivity index (χ3n) is 8.72. The molecule has 2 aliphatic heterocycles. The van der Waals surface area contributed by atoms with Gasteiger partial charge in [0.1, 0.15) is 24.4 Å². The number of anilines is 2. The smallest absolute Gasteiger partial charge is 0.410 e. The summed E-state index contributed by atoms with van der Waals surface area (Å²) in [5.74, 6) is -1.10. The number of nitrogens with two attached hydrogens (primary N) is 3. The summed E-state index contributed by atoms with van der Waals surface area (Å²) < 4.78 is 12.2. The van der Waals surface area contributed by atoms with Crippen molar-refractivity contribution in [1.29, 1.82) is 0 Å². The maximum absolute atomic E-state index is 12.7. The summed E-state index contributed by atoms with van der Waals surface area (Å²) in [6, 6.07) is 27.1. The number of rotatable bonds is 10. The Morgan fingerprint density at radius 3 is 1.85 bits per heavy atom. The fourth-order valence-electron chi connectivity index (χ4n) is 5.89. The van der Waals surface area contributed by atoms with Crippen LogP contribution in [0.25, 0.3) is 0 Å². The number of hydrogen-bond acceptors (Lipinski definition) is 9. The Bertz CT molecular complexity index is 2070.